The third-order valence-corrected chi connectivity index (χ3v) is 4.71. The molecule has 4 nitrogen and oxygen atoms in total. The van der Waals surface area contributed by atoms with Gasteiger partial charge < -0.3 is 14.6 Å². The van der Waals surface area contributed by atoms with E-state index in [1.165, 1.54) is 0 Å². The van der Waals surface area contributed by atoms with Gasteiger partial charge in [0.25, 0.3) is 0 Å². The molecule has 0 aromatic heterocycles. The van der Waals surface area contributed by atoms with E-state index in [-0.39, 0.29) is 6.61 Å². The highest BCUT2D eigenvalue weighted by Crippen LogP contribution is 2.33. The van der Waals surface area contributed by atoms with Crippen molar-refractivity contribution in [2.45, 2.75) is 50.9 Å². The summed E-state index contributed by atoms with van der Waals surface area (Å²) in [6.45, 7) is 0.791. The van der Waals surface area contributed by atoms with Crippen molar-refractivity contribution in [3.63, 3.8) is 0 Å². The van der Waals surface area contributed by atoms with Crippen LogP contribution in [0.15, 0.2) is 54.6 Å². The van der Waals surface area contributed by atoms with Crippen LogP contribution in [0, 0.1) is 0 Å². The molecule has 0 bridgehead atoms. The largest absolute Gasteiger partial charge is 0.489 e. The van der Waals surface area contributed by atoms with Crippen LogP contribution in [0.3, 0.4) is 0 Å². The molecular formula is C21H24O4. The minimum atomic E-state index is -1.03. The second kappa shape index (κ2) is 8.17. The van der Waals surface area contributed by atoms with E-state index in [4.69, 9.17) is 9.47 Å². The maximum absolute atomic E-state index is 11.7. The van der Waals surface area contributed by atoms with Crippen LogP contribution in [0.1, 0.15) is 43.2 Å². The van der Waals surface area contributed by atoms with Crippen molar-refractivity contribution in [1.29, 1.82) is 0 Å². The molecule has 0 aliphatic heterocycles. The quantitative estimate of drug-likeness (QED) is 0.802. The van der Waals surface area contributed by atoms with Crippen LogP contribution in [0.25, 0.3) is 0 Å². The Morgan fingerprint density at radius 2 is 1.64 bits per heavy atom. The van der Waals surface area contributed by atoms with Crippen LogP contribution in [0.5, 0.6) is 5.75 Å². The van der Waals surface area contributed by atoms with Gasteiger partial charge in [0.05, 0.1) is 6.61 Å². The molecule has 4 heteroatoms. The minimum absolute atomic E-state index is 0.287. The van der Waals surface area contributed by atoms with Crippen LogP contribution in [0.4, 0.5) is 0 Å². The summed E-state index contributed by atoms with van der Waals surface area (Å²) < 4.78 is 11.7. The minimum Gasteiger partial charge on any atom is -0.489 e. The zero-order valence-electron chi connectivity index (χ0n) is 14.3. The SMILES string of the molecule is O=C(O)C1(OCc2cccc(OCc3ccccc3)c2)CCCCC1. The van der Waals surface area contributed by atoms with E-state index in [1.807, 2.05) is 54.6 Å². The van der Waals surface area contributed by atoms with Crippen molar-refractivity contribution < 1.29 is 19.4 Å². The lowest BCUT2D eigenvalue weighted by atomic mass is 9.84. The van der Waals surface area contributed by atoms with E-state index in [2.05, 4.69) is 0 Å². The number of hydrogen-bond donors (Lipinski definition) is 1. The molecule has 0 atom stereocenters. The highest BCUT2D eigenvalue weighted by molar-refractivity contribution is 5.77. The molecule has 1 aliphatic rings. The topological polar surface area (TPSA) is 55.8 Å². The van der Waals surface area contributed by atoms with Gasteiger partial charge in [0.1, 0.15) is 12.4 Å². The zero-order valence-corrected chi connectivity index (χ0v) is 14.3. The van der Waals surface area contributed by atoms with Gasteiger partial charge in [0, 0.05) is 0 Å². The van der Waals surface area contributed by atoms with Gasteiger partial charge in [-0.2, -0.15) is 0 Å². The van der Waals surface area contributed by atoms with Gasteiger partial charge in [0.2, 0.25) is 0 Å². The van der Waals surface area contributed by atoms with Crippen molar-refractivity contribution in [3.8, 4) is 5.75 Å². The third kappa shape index (κ3) is 4.60. The molecule has 1 fully saturated rings. The van der Waals surface area contributed by atoms with Crippen molar-refractivity contribution in [2.24, 2.45) is 0 Å². The molecule has 0 unspecified atom stereocenters. The Balaban J connectivity index is 1.60. The Bertz CT molecular complexity index is 690. The Morgan fingerprint density at radius 3 is 2.36 bits per heavy atom. The van der Waals surface area contributed by atoms with Crippen molar-refractivity contribution in [3.05, 3.63) is 65.7 Å². The zero-order chi connectivity index (χ0) is 17.5. The van der Waals surface area contributed by atoms with Gasteiger partial charge in [-0.25, -0.2) is 4.79 Å². The van der Waals surface area contributed by atoms with Crippen LogP contribution in [0.2, 0.25) is 0 Å². The van der Waals surface area contributed by atoms with E-state index in [1.54, 1.807) is 0 Å². The highest BCUT2D eigenvalue weighted by atomic mass is 16.5. The number of carboxylic acid groups (broad SMARTS) is 1. The lowest BCUT2D eigenvalue weighted by molar-refractivity contribution is -0.173. The summed E-state index contributed by atoms with van der Waals surface area (Å²) in [6, 6.07) is 17.7. The summed E-state index contributed by atoms with van der Waals surface area (Å²) in [6.07, 6.45) is 4.08. The number of hydrogen-bond acceptors (Lipinski definition) is 3. The molecular weight excluding hydrogens is 316 g/mol. The monoisotopic (exact) mass is 340 g/mol. The van der Waals surface area contributed by atoms with Crippen LogP contribution < -0.4 is 4.74 Å². The summed E-state index contributed by atoms with van der Waals surface area (Å²) in [7, 11) is 0. The first-order valence-corrected chi connectivity index (χ1v) is 8.81. The third-order valence-electron chi connectivity index (χ3n) is 4.71. The van der Waals surface area contributed by atoms with E-state index in [9.17, 15) is 9.90 Å². The molecule has 0 saturated heterocycles. The first-order valence-electron chi connectivity index (χ1n) is 8.81. The molecule has 2 aromatic carbocycles. The molecule has 0 radical (unpaired) electrons. The number of rotatable bonds is 7. The van der Waals surface area contributed by atoms with Gasteiger partial charge in [-0.15, -0.1) is 0 Å². The van der Waals surface area contributed by atoms with Crippen LogP contribution in [-0.4, -0.2) is 16.7 Å². The highest BCUT2D eigenvalue weighted by Gasteiger charge is 2.40. The molecule has 0 heterocycles. The maximum Gasteiger partial charge on any atom is 0.335 e. The fourth-order valence-corrected chi connectivity index (χ4v) is 3.23. The predicted octanol–water partition coefficient (Wildman–Crippen LogP) is 4.57. The average Bonchev–Trinajstić information content (AvgIpc) is 2.66. The number of carboxylic acids is 1. The molecule has 2 aromatic rings. The molecule has 132 valence electrons. The standard InChI is InChI=1S/C21H24O4/c22-20(23)21(12-5-2-6-13-21)25-16-18-10-7-11-19(14-18)24-15-17-8-3-1-4-9-17/h1,3-4,7-11,14H,2,5-6,12-13,15-16H2,(H,22,23). The fourth-order valence-electron chi connectivity index (χ4n) is 3.23. The number of carbonyl (C=O) groups is 1. The molecule has 1 saturated carbocycles. The van der Waals surface area contributed by atoms with E-state index in [0.717, 1.165) is 36.1 Å². The first-order chi connectivity index (χ1) is 12.2. The molecule has 3 rings (SSSR count). The second-order valence-corrected chi connectivity index (χ2v) is 6.57. The summed E-state index contributed by atoms with van der Waals surface area (Å²) in [4.78, 5) is 11.7. The first kappa shape index (κ1) is 17.5. The van der Waals surface area contributed by atoms with Crippen LogP contribution in [-0.2, 0) is 22.7 Å². The Hall–Kier alpha value is -2.33. The molecule has 0 amide bonds. The summed E-state index contributed by atoms with van der Waals surface area (Å²) >= 11 is 0. The van der Waals surface area contributed by atoms with Crippen molar-refractivity contribution >= 4 is 5.97 Å². The Morgan fingerprint density at radius 1 is 0.920 bits per heavy atom. The van der Waals surface area contributed by atoms with Crippen LogP contribution >= 0.6 is 0 Å². The maximum atomic E-state index is 11.7. The van der Waals surface area contributed by atoms with E-state index in [0.29, 0.717) is 19.4 Å². The lowest BCUT2D eigenvalue weighted by Crippen LogP contribution is -2.43. The van der Waals surface area contributed by atoms with Gasteiger partial charge in [-0.05, 0) is 48.9 Å². The normalized spacial score (nSPS) is 16.3. The summed E-state index contributed by atoms with van der Waals surface area (Å²) in [5, 5.41) is 9.58. The fraction of sp³-hybridized carbons (Fsp3) is 0.381. The van der Waals surface area contributed by atoms with Crippen molar-refractivity contribution in [2.75, 3.05) is 0 Å². The average molecular weight is 340 g/mol. The number of aliphatic carboxylic acids is 1. The molecule has 1 aliphatic carbocycles. The van der Waals surface area contributed by atoms with Gasteiger partial charge in [-0.3, -0.25) is 0 Å². The summed E-state index contributed by atoms with van der Waals surface area (Å²) in [5.74, 6) is -0.0818. The summed E-state index contributed by atoms with van der Waals surface area (Å²) in [5.41, 5.74) is 1.01. The Kier molecular flexibility index (Phi) is 5.71. The predicted molar refractivity (Wildman–Crippen MR) is 95.5 cm³/mol. The van der Waals surface area contributed by atoms with Gasteiger partial charge in [0.15, 0.2) is 5.60 Å². The number of benzene rings is 2. The van der Waals surface area contributed by atoms with E-state index >= 15 is 0 Å². The Labute approximate surface area is 148 Å². The number of ether oxygens (including phenoxy) is 2. The second-order valence-electron chi connectivity index (χ2n) is 6.57. The van der Waals surface area contributed by atoms with E-state index < -0.39 is 11.6 Å². The lowest BCUT2D eigenvalue weighted by Gasteiger charge is -2.33. The smallest absolute Gasteiger partial charge is 0.335 e. The van der Waals surface area contributed by atoms with Gasteiger partial charge >= 0.3 is 5.97 Å². The molecule has 25 heavy (non-hydrogen) atoms. The van der Waals surface area contributed by atoms with Crippen molar-refractivity contribution in [1.82, 2.24) is 0 Å². The van der Waals surface area contributed by atoms with Gasteiger partial charge in [-0.1, -0.05) is 48.9 Å². The molecule has 0 spiro atoms. The molecule has 1 N–H and O–H groups in total.